The second-order valence-corrected chi connectivity index (χ2v) is 15.1. The summed E-state index contributed by atoms with van der Waals surface area (Å²) >= 11 is 1.27. The van der Waals surface area contributed by atoms with E-state index in [0.29, 0.717) is 88.7 Å². The van der Waals surface area contributed by atoms with Crippen LogP contribution in [-0.2, 0) is 37.2 Å². The third-order valence-corrected chi connectivity index (χ3v) is 10.9. The summed E-state index contributed by atoms with van der Waals surface area (Å²) < 4.78 is 16.5. The number of methoxy groups -OCH3 is 1. The molecule has 1 atom stereocenters. The molecule has 1 fully saturated rings. The van der Waals surface area contributed by atoms with Gasteiger partial charge in [0.05, 0.1) is 64.4 Å². The van der Waals surface area contributed by atoms with E-state index in [1.807, 2.05) is 37.5 Å². The number of rotatable bonds is 15. The Hall–Kier alpha value is -6.44. The summed E-state index contributed by atoms with van der Waals surface area (Å²) in [4.78, 5) is 66.1. The molecule has 6 aromatic rings. The van der Waals surface area contributed by atoms with E-state index in [-0.39, 0.29) is 47.9 Å². The normalized spacial score (nSPS) is 14.4. The summed E-state index contributed by atoms with van der Waals surface area (Å²) in [6.07, 6.45) is 4.68. The SMILES string of the molecule is CCc1nc(C)sc1C(=O)Nc1nc2cc(C(=O)O)cc(OC)c2n1C/C=C/Cn1c(NC(=O)c2cc(C)nn2CC)nc2cc(C(=O)O)cc(CC3COCCN3)c21. The molecule has 5 heterocycles. The number of benzene rings is 2. The van der Waals surface area contributed by atoms with Crippen LogP contribution in [0.1, 0.15) is 76.7 Å². The van der Waals surface area contributed by atoms with Gasteiger partial charge >= 0.3 is 11.9 Å². The molecule has 4 aromatic heterocycles. The number of amides is 2. The lowest BCUT2D eigenvalue weighted by Crippen LogP contribution is -2.42. The van der Waals surface area contributed by atoms with Crippen molar-refractivity contribution in [1.82, 2.24) is 39.2 Å². The standard InChI is InChI=1S/C40H44N10O8S/c1-6-27-34(59-22(4)42-27)36(52)46-40-44-29-18-25(38(55)56)19-31(57-5)33(29)49(40)12-9-8-11-48-32-23(16-26-20-58-13-10-41-26)15-24(37(53)54)17-28(32)43-39(48)45-35(51)30-14-21(3)47-50(30)7-2/h8-9,14-15,17-19,26,41H,6-7,10-13,16,20H2,1-5H3,(H,53,54)(H,55,56)(H,43,45,51)(H,44,46,52)/b9-8+. The maximum Gasteiger partial charge on any atom is 0.335 e. The molecule has 2 aromatic carbocycles. The van der Waals surface area contributed by atoms with E-state index in [2.05, 4.69) is 31.0 Å². The van der Waals surface area contributed by atoms with Crippen LogP contribution in [0.2, 0.25) is 0 Å². The monoisotopic (exact) mass is 824 g/mol. The second-order valence-electron chi connectivity index (χ2n) is 13.9. The van der Waals surface area contributed by atoms with Gasteiger partial charge in [0.25, 0.3) is 11.8 Å². The van der Waals surface area contributed by atoms with Crippen molar-refractivity contribution in [1.29, 1.82) is 0 Å². The number of morpholine rings is 1. The predicted molar refractivity (Wildman–Crippen MR) is 220 cm³/mol. The van der Waals surface area contributed by atoms with Gasteiger partial charge in [-0.1, -0.05) is 19.1 Å². The molecule has 2 amide bonds. The minimum Gasteiger partial charge on any atom is -0.494 e. The van der Waals surface area contributed by atoms with Gasteiger partial charge in [0, 0.05) is 32.2 Å². The summed E-state index contributed by atoms with van der Waals surface area (Å²) in [7, 11) is 1.43. The first-order valence-electron chi connectivity index (χ1n) is 19.1. The average Bonchev–Trinajstić information content (AvgIpc) is 3.98. The van der Waals surface area contributed by atoms with Gasteiger partial charge in [-0.15, -0.1) is 11.3 Å². The molecule has 5 N–H and O–H groups in total. The Morgan fingerprint density at radius 2 is 1.56 bits per heavy atom. The van der Waals surface area contributed by atoms with Gasteiger partial charge in [-0.05, 0) is 69.5 Å². The minimum absolute atomic E-state index is 0.0330. The smallest absolute Gasteiger partial charge is 0.335 e. The Labute approximate surface area is 341 Å². The van der Waals surface area contributed by atoms with Crippen molar-refractivity contribution in [3.8, 4) is 5.75 Å². The number of carbonyl (C=O) groups is 4. The molecule has 0 aliphatic carbocycles. The van der Waals surface area contributed by atoms with E-state index in [0.717, 1.165) is 5.01 Å². The van der Waals surface area contributed by atoms with Crippen molar-refractivity contribution >= 4 is 69.1 Å². The summed E-state index contributed by atoms with van der Waals surface area (Å²) in [5.74, 6) is -2.50. The number of hydrogen-bond acceptors (Lipinski definition) is 12. The third-order valence-electron chi connectivity index (χ3n) is 9.88. The number of fused-ring (bicyclic) bond motifs is 2. The lowest BCUT2D eigenvalue weighted by atomic mass is 10.0. The minimum atomic E-state index is -1.16. The lowest BCUT2D eigenvalue weighted by Gasteiger charge is -2.24. The summed E-state index contributed by atoms with van der Waals surface area (Å²) in [5, 5.41) is 34.3. The zero-order chi connectivity index (χ0) is 42.0. The number of nitrogens with zero attached hydrogens (tertiary/aromatic N) is 7. The van der Waals surface area contributed by atoms with Crippen molar-refractivity contribution in [2.75, 3.05) is 37.5 Å². The highest BCUT2D eigenvalue weighted by Gasteiger charge is 2.25. The highest BCUT2D eigenvalue weighted by atomic mass is 32.1. The van der Waals surface area contributed by atoms with Crippen LogP contribution in [-0.4, -0.2) is 101 Å². The van der Waals surface area contributed by atoms with Gasteiger partial charge in [0.2, 0.25) is 11.9 Å². The van der Waals surface area contributed by atoms with E-state index in [4.69, 9.17) is 14.5 Å². The van der Waals surface area contributed by atoms with E-state index >= 15 is 0 Å². The van der Waals surface area contributed by atoms with Crippen LogP contribution in [0.5, 0.6) is 5.75 Å². The number of carbonyl (C=O) groups excluding carboxylic acids is 2. The third kappa shape index (κ3) is 8.43. The second kappa shape index (κ2) is 17.2. The molecular weight excluding hydrogens is 781 g/mol. The Balaban J connectivity index is 1.29. The molecular formula is C40H44N10O8S. The fraction of sp³-hybridized carbons (Fsp3) is 0.350. The van der Waals surface area contributed by atoms with Crippen molar-refractivity contribution in [3.05, 3.63) is 86.1 Å². The van der Waals surface area contributed by atoms with Crippen LogP contribution in [0.25, 0.3) is 22.1 Å². The molecule has 0 spiro atoms. The highest BCUT2D eigenvalue weighted by Crippen LogP contribution is 2.32. The van der Waals surface area contributed by atoms with Crippen LogP contribution in [0, 0.1) is 13.8 Å². The summed E-state index contributed by atoms with van der Waals surface area (Å²) in [6.45, 7) is 9.90. The van der Waals surface area contributed by atoms with E-state index in [9.17, 15) is 29.4 Å². The van der Waals surface area contributed by atoms with E-state index < -0.39 is 23.8 Å². The van der Waals surface area contributed by atoms with Crippen LogP contribution >= 0.6 is 11.3 Å². The quantitative estimate of drug-likeness (QED) is 0.0866. The maximum atomic E-state index is 13.8. The summed E-state index contributed by atoms with van der Waals surface area (Å²) in [5.41, 5.74) is 4.19. The van der Waals surface area contributed by atoms with Gasteiger partial charge in [-0.25, -0.2) is 24.5 Å². The molecule has 7 rings (SSSR count). The van der Waals surface area contributed by atoms with E-state index in [1.165, 1.54) is 36.6 Å². The Bertz CT molecular complexity index is 2630. The molecule has 59 heavy (non-hydrogen) atoms. The van der Waals surface area contributed by atoms with Gasteiger partial charge in [0.1, 0.15) is 21.8 Å². The Kier molecular flexibility index (Phi) is 11.9. The van der Waals surface area contributed by atoms with Gasteiger partial charge in [-0.2, -0.15) is 5.10 Å². The number of ether oxygens (including phenoxy) is 2. The molecule has 1 aliphatic heterocycles. The number of thiazole rings is 1. The average molecular weight is 825 g/mol. The number of hydrogen-bond donors (Lipinski definition) is 5. The molecule has 0 saturated carbocycles. The Morgan fingerprint density at radius 3 is 2.17 bits per heavy atom. The van der Waals surface area contributed by atoms with Crippen molar-refractivity contribution in [2.45, 2.75) is 66.2 Å². The Morgan fingerprint density at radius 1 is 0.915 bits per heavy atom. The van der Waals surface area contributed by atoms with Gasteiger partial charge in [-0.3, -0.25) is 24.9 Å². The molecule has 0 bridgehead atoms. The predicted octanol–water partition coefficient (Wildman–Crippen LogP) is 4.94. The zero-order valence-corrected chi connectivity index (χ0v) is 34.0. The topological polar surface area (TPSA) is 230 Å². The number of carboxylic acids is 2. The first kappa shape index (κ1) is 40.7. The van der Waals surface area contributed by atoms with Crippen LogP contribution in [0.15, 0.2) is 42.5 Å². The largest absolute Gasteiger partial charge is 0.494 e. The number of nitrogens with one attached hydrogen (secondary N) is 3. The molecule has 19 heteroatoms. The van der Waals surface area contributed by atoms with Gasteiger partial charge < -0.3 is 34.1 Å². The first-order chi connectivity index (χ1) is 28.4. The first-order valence-corrected chi connectivity index (χ1v) is 19.9. The van der Waals surface area contributed by atoms with Crippen molar-refractivity contribution in [3.63, 3.8) is 0 Å². The number of aromatic carboxylic acids is 2. The number of aromatic nitrogens is 7. The number of anilines is 2. The van der Waals surface area contributed by atoms with Crippen LogP contribution < -0.4 is 20.7 Å². The number of carboxylic acid groups (broad SMARTS) is 2. The van der Waals surface area contributed by atoms with Crippen molar-refractivity contribution < 1.29 is 38.9 Å². The van der Waals surface area contributed by atoms with Crippen LogP contribution in [0.3, 0.4) is 0 Å². The van der Waals surface area contributed by atoms with E-state index in [1.54, 1.807) is 28.3 Å². The number of imidazole rings is 2. The maximum absolute atomic E-state index is 13.8. The molecule has 18 nitrogen and oxygen atoms in total. The lowest BCUT2D eigenvalue weighted by molar-refractivity contribution is 0.0686. The van der Waals surface area contributed by atoms with Crippen molar-refractivity contribution in [2.24, 2.45) is 0 Å². The molecule has 1 saturated heterocycles. The fourth-order valence-corrected chi connectivity index (χ4v) is 8.15. The summed E-state index contributed by atoms with van der Waals surface area (Å²) in [6, 6.07) is 7.54. The molecule has 1 aliphatic rings. The zero-order valence-electron chi connectivity index (χ0n) is 33.2. The highest BCUT2D eigenvalue weighted by molar-refractivity contribution is 7.13. The molecule has 308 valence electrons. The molecule has 1 unspecified atom stereocenters. The fourth-order valence-electron chi connectivity index (χ4n) is 7.25. The van der Waals surface area contributed by atoms with Crippen LogP contribution in [0.4, 0.5) is 11.9 Å². The van der Waals surface area contributed by atoms with Gasteiger partial charge in [0.15, 0.2) is 0 Å². The number of allylic oxidation sites excluding steroid dienone is 2. The molecule has 0 radical (unpaired) electrons. The number of aryl methyl sites for hydroxylation is 4.